The summed E-state index contributed by atoms with van der Waals surface area (Å²) in [6, 6.07) is 2.62. The molecule has 1 aliphatic rings. The molecule has 0 spiro atoms. The zero-order valence-electron chi connectivity index (χ0n) is 11.7. The van der Waals surface area contributed by atoms with Crippen LogP contribution in [0.2, 0.25) is 0 Å². The Bertz CT molecular complexity index is 322. The van der Waals surface area contributed by atoms with Crippen molar-refractivity contribution >= 4 is 0 Å². The molecule has 2 rings (SSSR count). The summed E-state index contributed by atoms with van der Waals surface area (Å²) < 4.78 is 7.57. The van der Waals surface area contributed by atoms with Crippen molar-refractivity contribution in [1.29, 1.82) is 0 Å². The summed E-state index contributed by atoms with van der Waals surface area (Å²) >= 11 is 0. The molecule has 1 aromatic rings. The molecule has 0 amide bonds. The van der Waals surface area contributed by atoms with Gasteiger partial charge in [0.05, 0.1) is 12.3 Å². The fourth-order valence-electron chi connectivity index (χ4n) is 1.92. The Morgan fingerprint density at radius 3 is 2.65 bits per heavy atom. The summed E-state index contributed by atoms with van der Waals surface area (Å²) in [6.45, 7) is 11.2. The predicted molar refractivity (Wildman–Crippen MR) is 70.0 cm³/mol. The van der Waals surface area contributed by atoms with E-state index in [4.69, 9.17) is 4.74 Å². The molecule has 4 heteroatoms. The van der Waals surface area contributed by atoms with Gasteiger partial charge in [0.15, 0.2) is 0 Å². The van der Waals surface area contributed by atoms with Crippen molar-refractivity contribution in [2.45, 2.75) is 39.8 Å². The van der Waals surface area contributed by atoms with Gasteiger partial charge in [-0.2, -0.15) is 5.10 Å². The van der Waals surface area contributed by atoms with Gasteiger partial charge < -0.3 is 4.74 Å². The van der Waals surface area contributed by atoms with E-state index in [1.807, 2.05) is 37.8 Å². The van der Waals surface area contributed by atoms with Crippen LogP contribution in [0.15, 0.2) is 12.3 Å². The summed E-state index contributed by atoms with van der Waals surface area (Å²) in [7, 11) is 1.94. The molecule has 1 aromatic heterocycles. The predicted octanol–water partition coefficient (Wildman–Crippen LogP) is 2.23. The molecule has 1 aliphatic heterocycles. The average Bonchev–Trinajstić information content (AvgIpc) is 2.79. The lowest BCUT2D eigenvalue weighted by Crippen LogP contribution is -2.42. The van der Waals surface area contributed by atoms with Crippen LogP contribution < -0.4 is 0 Å². The number of nitrogens with zero attached hydrogens (tertiary/aromatic N) is 3. The molecule has 0 aliphatic carbocycles. The van der Waals surface area contributed by atoms with Crippen LogP contribution in [0.3, 0.4) is 0 Å². The molecule has 1 atom stereocenters. The fraction of sp³-hybridized carbons (Fsp3) is 0.769. The van der Waals surface area contributed by atoms with Crippen LogP contribution in [-0.2, 0) is 11.8 Å². The molecule has 0 N–H and O–H groups in total. The SMILES string of the molecule is CC.CC(C)N1CCOC(c2ccn(C)n2)C1. The van der Waals surface area contributed by atoms with E-state index < -0.39 is 0 Å². The molecule has 4 nitrogen and oxygen atoms in total. The standard InChI is InChI=1S/C11H19N3O.C2H6/c1-9(2)14-6-7-15-11(8-14)10-4-5-13(3)12-10;1-2/h4-5,9,11H,6-8H2,1-3H3;1-2H3. The maximum absolute atomic E-state index is 5.74. The lowest BCUT2D eigenvalue weighted by Gasteiger charge is -2.34. The van der Waals surface area contributed by atoms with Gasteiger partial charge in [-0.1, -0.05) is 13.8 Å². The molecule has 0 radical (unpaired) electrons. The molecule has 0 saturated carbocycles. The van der Waals surface area contributed by atoms with Crippen LogP contribution in [0.4, 0.5) is 0 Å². The molecule has 1 saturated heterocycles. The Hall–Kier alpha value is -0.870. The number of aromatic nitrogens is 2. The average molecular weight is 239 g/mol. The van der Waals surface area contributed by atoms with Crippen LogP contribution in [0.25, 0.3) is 0 Å². The first kappa shape index (κ1) is 14.2. The number of hydrogen-bond acceptors (Lipinski definition) is 3. The maximum atomic E-state index is 5.74. The molecule has 2 heterocycles. The van der Waals surface area contributed by atoms with Crippen molar-refractivity contribution in [2.75, 3.05) is 19.7 Å². The number of rotatable bonds is 2. The molecular formula is C13H25N3O. The summed E-state index contributed by atoms with van der Waals surface area (Å²) in [5.74, 6) is 0. The summed E-state index contributed by atoms with van der Waals surface area (Å²) in [4.78, 5) is 2.43. The highest BCUT2D eigenvalue weighted by Crippen LogP contribution is 2.21. The molecule has 0 aromatic carbocycles. The first-order valence-corrected chi connectivity index (χ1v) is 6.52. The van der Waals surface area contributed by atoms with E-state index in [0.717, 1.165) is 25.4 Å². The zero-order chi connectivity index (χ0) is 12.8. The molecule has 1 unspecified atom stereocenters. The Balaban J connectivity index is 0.000000686. The van der Waals surface area contributed by atoms with Crippen LogP contribution in [0.1, 0.15) is 39.5 Å². The van der Waals surface area contributed by atoms with Gasteiger partial charge >= 0.3 is 0 Å². The minimum absolute atomic E-state index is 0.141. The minimum atomic E-state index is 0.141. The topological polar surface area (TPSA) is 30.3 Å². The minimum Gasteiger partial charge on any atom is -0.369 e. The summed E-state index contributed by atoms with van der Waals surface area (Å²) in [6.07, 6.45) is 2.11. The van der Waals surface area contributed by atoms with Gasteiger partial charge in [-0.3, -0.25) is 9.58 Å². The Labute approximate surface area is 105 Å². The van der Waals surface area contributed by atoms with E-state index >= 15 is 0 Å². The quantitative estimate of drug-likeness (QED) is 0.793. The van der Waals surface area contributed by atoms with Crippen molar-refractivity contribution < 1.29 is 4.74 Å². The zero-order valence-corrected chi connectivity index (χ0v) is 11.7. The smallest absolute Gasteiger partial charge is 0.114 e. The van der Waals surface area contributed by atoms with Crippen LogP contribution in [0.5, 0.6) is 0 Å². The van der Waals surface area contributed by atoms with E-state index in [2.05, 4.69) is 23.8 Å². The third kappa shape index (κ3) is 3.82. The molecule has 0 bridgehead atoms. The van der Waals surface area contributed by atoms with E-state index in [0.29, 0.717) is 6.04 Å². The second kappa shape index (κ2) is 6.77. The van der Waals surface area contributed by atoms with Gasteiger partial charge in [0.25, 0.3) is 0 Å². The van der Waals surface area contributed by atoms with Crippen molar-refractivity contribution in [3.8, 4) is 0 Å². The van der Waals surface area contributed by atoms with Gasteiger partial charge in [0.1, 0.15) is 6.10 Å². The highest BCUT2D eigenvalue weighted by Gasteiger charge is 2.24. The second-order valence-electron chi connectivity index (χ2n) is 4.36. The number of hydrogen-bond donors (Lipinski definition) is 0. The van der Waals surface area contributed by atoms with E-state index in [1.54, 1.807) is 0 Å². The Kier molecular flexibility index (Phi) is 5.65. The van der Waals surface area contributed by atoms with Gasteiger partial charge in [-0.05, 0) is 19.9 Å². The third-order valence-corrected chi connectivity index (χ3v) is 2.89. The first-order chi connectivity index (χ1) is 8.16. The molecule has 1 fully saturated rings. The lowest BCUT2D eigenvalue weighted by atomic mass is 10.2. The van der Waals surface area contributed by atoms with Gasteiger partial charge in [-0.15, -0.1) is 0 Å². The lowest BCUT2D eigenvalue weighted by molar-refractivity contribution is -0.0423. The van der Waals surface area contributed by atoms with E-state index in [-0.39, 0.29) is 6.10 Å². The first-order valence-electron chi connectivity index (χ1n) is 6.52. The highest BCUT2D eigenvalue weighted by atomic mass is 16.5. The van der Waals surface area contributed by atoms with Crippen LogP contribution >= 0.6 is 0 Å². The van der Waals surface area contributed by atoms with Crippen molar-refractivity contribution in [1.82, 2.24) is 14.7 Å². The normalized spacial score (nSPS) is 21.2. The van der Waals surface area contributed by atoms with Crippen LogP contribution in [0, 0.1) is 0 Å². The number of ether oxygens (including phenoxy) is 1. The number of morpholine rings is 1. The molecular weight excluding hydrogens is 214 g/mol. The Morgan fingerprint density at radius 1 is 1.41 bits per heavy atom. The number of aryl methyl sites for hydroxylation is 1. The largest absolute Gasteiger partial charge is 0.369 e. The van der Waals surface area contributed by atoms with Gasteiger partial charge in [0.2, 0.25) is 0 Å². The highest BCUT2D eigenvalue weighted by molar-refractivity contribution is 5.04. The van der Waals surface area contributed by atoms with Crippen LogP contribution in [-0.4, -0.2) is 40.4 Å². The molecule has 98 valence electrons. The van der Waals surface area contributed by atoms with Crippen molar-refractivity contribution in [3.63, 3.8) is 0 Å². The molecule has 17 heavy (non-hydrogen) atoms. The summed E-state index contributed by atoms with van der Waals surface area (Å²) in [5.41, 5.74) is 1.04. The van der Waals surface area contributed by atoms with Gasteiger partial charge in [0, 0.05) is 32.4 Å². The fourth-order valence-corrected chi connectivity index (χ4v) is 1.92. The van der Waals surface area contributed by atoms with E-state index in [1.165, 1.54) is 0 Å². The van der Waals surface area contributed by atoms with Crippen molar-refractivity contribution in [3.05, 3.63) is 18.0 Å². The van der Waals surface area contributed by atoms with Crippen molar-refractivity contribution in [2.24, 2.45) is 7.05 Å². The third-order valence-electron chi connectivity index (χ3n) is 2.89. The monoisotopic (exact) mass is 239 g/mol. The summed E-state index contributed by atoms with van der Waals surface area (Å²) in [5, 5.41) is 4.39. The van der Waals surface area contributed by atoms with Gasteiger partial charge in [-0.25, -0.2) is 0 Å². The maximum Gasteiger partial charge on any atom is 0.114 e. The van der Waals surface area contributed by atoms with E-state index in [9.17, 15) is 0 Å². The second-order valence-corrected chi connectivity index (χ2v) is 4.36. The Morgan fingerprint density at radius 2 is 2.12 bits per heavy atom.